The quantitative estimate of drug-likeness (QED) is 0.683. The third-order valence-corrected chi connectivity index (χ3v) is 5.10. The van der Waals surface area contributed by atoms with Crippen molar-refractivity contribution in [1.82, 2.24) is 5.32 Å². The van der Waals surface area contributed by atoms with Gasteiger partial charge >= 0.3 is 0 Å². The molecule has 0 saturated heterocycles. The molecule has 27 heavy (non-hydrogen) atoms. The maximum Gasteiger partial charge on any atom is 0.254 e. The van der Waals surface area contributed by atoms with E-state index in [-0.39, 0.29) is 11.8 Å². The summed E-state index contributed by atoms with van der Waals surface area (Å²) in [4.78, 5) is 25.9. The van der Waals surface area contributed by atoms with Gasteiger partial charge in [-0.2, -0.15) is 0 Å². The van der Waals surface area contributed by atoms with Crippen molar-refractivity contribution in [2.24, 2.45) is 0 Å². The summed E-state index contributed by atoms with van der Waals surface area (Å²) in [7, 11) is 0. The highest BCUT2D eigenvalue weighted by Crippen LogP contribution is 2.44. The molecule has 0 bridgehead atoms. The lowest BCUT2D eigenvalue weighted by Gasteiger charge is -2.19. The fourth-order valence-electron chi connectivity index (χ4n) is 3.02. The summed E-state index contributed by atoms with van der Waals surface area (Å²) >= 11 is 18.7. The molecule has 0 spiro atoms. The molecule has 0 aliphatic carbocycles. The van der Waals surface area contributed by atoms with E-state index in [1.165, 1.54) is 6.92 Å². The Labute approximate surface area is 172 Å². The van der Waals surface area contributed by atoms with Crippen LogP contribution in [0.1, 0.15) is 24.9 Å². The van der Waals surface area contributed by atoms with Gasteiger partial charge in [0, 0.05) is 24.1 Å². The Morgan fingerprint density at radius 1 is 1.11 bits per heavy atom. The molecule has 2 aromatic rings. The summed E-state index contributed by atoms with van der Waals surface area (Å²) < 4.78 is 5.67. The smallest absolute Gasteiger partial charge is 0.254 e. The minimum Gasteiger partial charge on any atom is -0.492 e. The maximum absolute atomic E-state index is 12.9. The third kappa shape index (κ3) is 4.15. The summed E-state index contributed by atoms with van der Waals surface area (Å²) in [6, 6.07) is 9.60. The Morgan fingerprint density at radius 2 is 1.81 bits per heavy atom. The summed E-state index contributed by atoms with van der Waals surface area (Å²) in [5.74, 6) is -0.00305. The van der Waals surface area contributed by atoms with Gasteiger partial charge in [-0.3, -0.25) is 9.59 Å². The number of halogens is 3. The van der Waals surface area contributed by atoms with Crippen molar-refractivity contribution in [2.75, 3.05) is 18.1 Å². The number of hydrogen-bond donors (Lipinski definition) is 1. The Bertz CT molecular complexity index is 888. The molecule has 0 radical (unpaired) electrons. The van der Waals surface area contributed by atoms with Crippen LogP contribution in [-0.2, 0) is 9.59 Å². The summed E-state index contributed by atoms with van der Waals surface area (Å²) in [5, 5.41) is 3.97. The zero-order valence-electron chi connectivity index (χ0n) is 14.5. The number of para-hydroxylation sites is 1. The minimum atomic E-state index is -0.840. The number of carbonyl (C=O) groups excluding carboxylic acids is 2. The standard InChI is InChI=1S/C19H17Cl3N2O3/c1-11(25)23-17-16-13(21)7-8-14(22)18(16)24(19(17)26)9-4-10-27-15-6-3-2-5-12(15)20/h2-3,5-8,17H,4,9-10H2,1H3,(H,23,25). The first-order chi connectivity index (χ1) is 12.9. The first kappa shape index (κ1) is 19.8. The van der Waals surface area contributed by atoms with E-state index in [1.807, 2.05) is 12.1 Å². The lowest BCUT2D eigenvalue weighted by atomic mass is 10.1. The van der Waals surface area contributed by atoms with Crippen molar-refractivity contribution in [3.8, 4) is 5.75 Å². The van der Waals surface area contributed by atoms with Crippen LogP contribution in [0.4, 0.5) is 5.69 Å². The molecule has 5 nitrogen and oxygen atoms in total. The Kier molecular flexibility index (Phi) is 6.15. The van der Waals surface area contributed by atoms with Crippen LogP contribution in [0.5, 0.6) is 5.75 Å². The fourth-order valence-corrected chi connectivity index (χ4v) is 3.74. The van der Waals surface area contributed by atoms with Crippen LogP contribution in [-0.4, -0.2) is 25.0 Å². The monoisotopic (exact) mass is 426 g/mol. The molecular formula is C19H17Cl3N2O3. The zero-order chi connectivity index (χ0) is 19.6. The molecule has 1 unspecified atom stereocenters. The van der Waals surface area contributed by atoms with Crippen molar-refractivity contribution in [1.29, 1.82) is 0 Å². The molecule has 1 N–H and O–H groups in total. The molecule has 142 valence electrons. The molecule has 1 heterocycles. The van der Waals surface area contributed by atoms with Crippen molar-refractivity contribution < 1.29 is 14.3 Å². The van der Waals surface area contributed by atoms with Crippen LogP contribution in [0, 0.1) is 0 Å². The van der Waals surface area contributed by atoms with Gasteiger partial charge in [0.05, 0.1) is 22.3 Å². The van der Waals surface area contributed by atoms with Gasteiger partial charge in [-0.05, 0) is 30.7 Å². The average molecular weight is 428 g/mol. The fraction of sp³-hybridized carbons (Fsp3) is 0.263. The summed E-state index contributed by atoms with van der Waals surface area (Å²) in [6.07, 6.45) is 0.548. The highest BCUT2D eigenvalue weighted by Gasteiger charge is 2.40. The van der Waals surface area contributed by atoms with Gasteiger partial charge in [0.1, 0.15) is 11.8 Å². The second kappa shape index (κ2) is 8.38. The van der Waals surface area contributed by atoms with Crippen LogP contribution < -0.4 is 15.0 Å². The van der Waals surface area contributed by atoms with Gasteiger partial charge < -0.3 is 15.0 Å². The second-order valence-corrected chi connectivity index (χ2v) is 7.27. The predicted octanol–water partition coefficient (Wildman–Crippen LogP) is 4.64. The largest absolute Gasteiger partial charge is 0.492 e. The van der Waals surface area contributed by atoms with E-state index >= 15 is 0 Å². The van der Waals surface area contributed by atoms with Gasteiger partial charge in [-0.25, -0.2) is 0 Å². The lowest BCUT2D eigenvalue weighted by molar-refractivity contribution is -0.126. The zero-order valence-corrected chi connectivity index (χ0v) is 16.7. The highest BCUT2D eigenvalue weighted by molar-refractivity contribution is 6.38. The average Bonchev–Trinajstić information content (AvgIpc) is 2.90. The Hall–Kier alpha value is -1.95. The molecule has 1 atom stereocenters. The van der Waals surface area contributed by atoms with Crippen molar-refractivity contribution in [3.63, 3.8) is 0 Å². The molecule has 0 aromatic heterocycles. The van der Waals surface area contributed by atoms with E-state index in [4.69, 9.17) is 39.5 Å². The summed E-state index contributed by atoms with van der Waals surface area (Å²) in [6.45, 7) is 2.09. The van der Waals surface area contributed by atoms with Crippen LogP contribution in [0.3, 0.4) is 0 Å². The molecule has 8 heteroatoms. The van der Waals surface area contributed by atoms with E-state index in [1.54, 1.807) is 29.2 Å². The molecule has 2 amide bonds. The van der Waals surface area contributed by atoms with E-state index < -0.39 is 6.04 Å². The predicted molar refractivity (Wildman–Crippen MR) is 107 cm³/mol. The minimum absolute atomic E-state index is 0.270. The Morgan fingerprint density at radius 3 is 2.52 bits per heavy atom. The number of amides is 2. The van der Waals surface area contributed by atoms with Crippen LogP contribution in [0.2, 0.25) is 15.1 Å². The van der Waals surface area contributed by atoms with E-state index in [0.29, 0.717) is 51.6 Å². The first-order valence-corrected chi connectivity index (χ1v) is 9.47. The maximum atomic E-state index is 12.9. The number of nitrogens with zero attached hydrogens (tertiary/aromatic N) is 1. The van der Waals surface area contributed by atoms with Crippen molar-refractivity contribution >= 4 is 52.3 Å². The van der Waals surface area contributed by atoms with Gasteiger partial charge in [-0.15, -0.1) is 0 Å². The third-order valence-electron chi connectivity index (χ3n) is 4.15. The molecular weight excluding hydrogens is 411 g/mol. The van der Waals surface area contributed by atoms with E-state index in [9.17, 15) is 9.59 Å². The van der Waals surface area contributed by atoms with Crippen molar-refractivity contribution in [3.05, 3.63) is 57.0 Å². The number of anilines is 1. The number of fused-ring (bicyclic) bond motifs is 1. The second-order valence-electron chi connectivity index (χ2n) is 6.05. The Balaban J connectivity index is 1.74. The molecule has 2 aromatic carbocycles. The number of ether oxygens (including phenoxy) is 1. The number of hydrogen-bond acceptors (Lipinski definition) is 3. The van der Waals surface area contributed by atoms with Crippen LogP contribution in [0.25, 0.3) is 0 Å². The van der Waals surface area contributed by atoms with Crippen LogP contribution in [0.15, 0.2) is 36.4 Å². The SMILES string of the molecule is CC(=O)NC1C(=O)N(CCCOc2ccccc2Cl)c2c(Cl)ccc(Cl)c21. The molecule has 1 aliphatic heterocycles. The topological polar surface area (TPSA) is 58.6 Å². The number of nitrogens with one attached hydrogen (secondary N) is 1. The lowest BCUT2D eigenvalue weighted by Crippen LogP contribution is -2.37. The van der Waals surface area contributed by atoms with E-state index in [2.05, 4.69) is 5.32 Å². The highest BCUT2D eigenvalue weighted by atomic mass is 35.5. The van der Waals surface area contributed by atoms with Gasteiger partial charge in [-0.1, -0.05) is 46.9 Å². The van der Waals surface area contributed by atoms with Crippen LogP contribution >= 0.6 is 34.8 Å². The number of carbonyl (C=O) groups is 2. The van der Waals surface area contributed by atoms with Gasteiger partial charge in [0.15, 0.2) is 0 Å². The number of rotatable bonds is 6. The van der Waals surface area contributed by atoms with Gasteiger partial charge in [0.2, 0.25) is 5.91 Å². The van der Waals surface area contributed by atoms with Crippen molar-refractivity contribution in [2.45, 2.75) is 19.4 Å². The molecule has 1 aliphatic rings. The summed E-state index contributed by atoms with van der Waals surface area (Å²) in [5.41, 5.74) is 1.06. The number of benzene rings is 2. The molecule has 0 fully saturated rings. The first-order valence-electron chi connectivity index (χ1n) is 8.34. The van der Waals surface area contributed by atoms with E-state index in [0.717, 1.165) is 0 Å². The molecule has 0 saturated carbocycles. The van der Waals surface area contributed by atoms with Gasteiger partial charge in [0.25, 0.3) is 5.91 Å². The normalized spacial score (nSPS) is 15.6. The molecule has 3 rings (SSSR count).